The predicted octanol–water partition coefficient (Wildman–Crippen LogP) is 3.62. The van der Waals surface area contributed by atoms with Crippen LogP contribution in [-0.4, -0.2) is 60.6 Å². The number of aromatic hydroxyl groups is 1. The molecule has 1 aliphatic heterocycles. The lowest BCUT2D eigenvalue weighted by atomic mass is 10.1. The van der Waals surface area contributed by atoms with Crippen molar-refractivity contribution >= 4 is 38.7 Å². The topological polar surface area (TPSA) is 104 Å². The summed E-state index contributed by atoms with van der Waals surface area (Å²) in [5.74, 6) is 0.833. The first-order chi connectivity index (χ1) is 15.7. The van der Waals surface area contributed by atoms with Crippen molar-refractivity contribution in [1.82, 2.24) is 29.2 Å². The molecule has 0 unspecified atom stereocenters. The summed E-state index contributed by atoms with van der Waals surface area (Å²) >= 11 is 1.63. The number of nitrogens with zero attached hydrogens (tertiary/aromatic N) is 5. The molecule has 5 heterocycles. The Morgan fingerprint density at radius 1 is 1.16 bits per heavy atom. The summed E-state index contributed by atoms with van der Waals surface area (Å²) in [7, 11) is 0. The number of hydrogen-bond acceptors (Lipinski definition) is 8. The van der Waals surface area contributed by atoms with Crippen molar-refractivity contribution in [1.29, 1.82) is 0 Å². The van der Waals surface area contributed by atoms with Gasteiger partial charge in [0.15, 0.2) is 22.5 Å². The Bertz CT molecular complexity index is 1400. The molecule has 0 amide bonds. The average molecular weight is 448 g/mol. The van der Waals surface area contributed by atoms with Gasteiger partial charge in [0.05, 0.1) is 25.1 Å². The first-order valence-corrected chi connectivity index (χ1v) is 11.2. The van der Waals surface area contributed by atoms with Gasteiger partial charge in [-0.05, 0) is 12.1 Å². The van der Waals surface area contributed by atoms with Gasteiger partial charge in [0.25, 0.3) is 0 Å². The third-order valence-corrected chi connectivity index (χ3v) is 6.55. The maximum Gasteiger partial charge on any atom is 0.196 e. The molecule has 1 aromatic carbocycles. The van der Waals surface area contributed by atoms with Gasteiger partial charge in [-0.25, -0.2) is 15.0 Å². The van der Waals surface area contributed by atoms with E-state index in [9.17, 15) is 5.11 Å². The number of ether oxygens (including phenoxy) is 1. The Balaban J connectivity index is 1.28. The van der Waals surface area contributed by atoms with Gasteiger partial charge in [-0.15, -0.1) is 11.3 Å². The van der Waals surface area contributed by atoms with Crippen LogP contribution in [0, 0.1) is 0 Å². The molecule has 0 radical (unpaired) electrons. The van der Waals surface area contributed by atoms with E-state index in [4.69, 9.17) is 4.74 Å². The van der Waals surface area contributed by atoms with E-state index < -0.39 is 0 Å². The minimum Gasteiger partial charge on any atom is -0.494 e. The van der Waals surface area contributed by atoms with Crippen molar-refractivity contribution in [3.05, 3.63) is 54.1 Å². The summed E-state index contributed by atoms with van der Waals surface area (Å²) in [6.45, 7) is 4.36. The number of morpholine rings is 1. The molecule has 1 aliphatic rings. The van der Waals surface area contributed by atoms with E-state index in [2.05, 4.69) is 30.2 Å². The number of anilines is 2. The minimum absolute atomic E-state index is 0.174. The van der Waals surface area contributed by atoms with Gasteiger partial charge in [0.2, 0.25) is 0 Å². The average Bonchev–Trinajstić information content (AvgIpc) is 3.56. The molecule has 0 aliphatic carbocycles. The number of aromatic amines is 1. The summed E-state index contributed by atoms with van der Waals surface area (Å²) in [6, 6.07) is 5.89. The molecule has 9 nitrogen and oxygen atoms in total. The highest BCUT2D eigenvalue weighted by Gasteiger charge is 2.15. The highest BCUT2D eigenvalue weighted by molar-refractivity contribution is 7.15. The number of hydrogen-bond donors (Lipinski definition) is 3. The number of H-pyrrole nitrogens is 1. The smallest absolute Gasteiger partial charge is 0.196 e. The van der Waals surface area contributed by atoms with Crippen molar-refractivity contribution < 1.29 is 9.84 Å². The molecule has 0 atom stereocenters. The van der Waals surface area contributed by atoms with Gasteiger partial charge in [-0.2, -0.15) is 0 Å². The number of aromatic nitrogens is 5. The summed E-state index contributed by atoms with van der Waals surface area (Å²) in [5, 5.41) is 15.7. The van der Waals surface area contributed by atoms with Crippen LogP contribution in [0.1, 0.15) is 4.88 Å². The van der Waals surface area contributed by atoms with Gasteiger partial charge >= 0.3 is 0 Å². The molecule has 162 valence electrons. The minimum atomic E-state index is 0.174. The molecular weight excluding hydrogens is 426 g/mol. The predicted molar refractivity (Wildman–Crippen MR) is 123 cm³/mol. The lowest BCUT2D eigenvalue weighted by Gasteiger charge is -2.25. The first-order valence-electron chi connectivity index (χ1n) is 10.4. The van der Waals surface area contributed by atoms with Crippen LogP contribution in [0.3, 0.4) is 0 Å². The molecule has 5 aromatic rings. The standard InChI is InChI=1S/C22H21N7O2S/c30-21-17-2-1-14(9-15(17)10-25-21)18-12-24-19(20-23-3-4-29(18)20)27-22-26-11-16(32-22)13-28-5-7-31-8-6-28/h1-4,9-12,25,30H,5-8,13H2,(H,24,26,27). The Morgan fingerprint density at radius 2 is 2.06 bits per heavy atom. The third-order valence-electron chi connectivity index (χ3n) is 5.66. The highest BCUT2D eigenvalue weighted by atomic mass is 32.1. The van der Waals surface area contributed by atoms with E-state index >= 15 is 0 Å². The van der Waals surface area contributed by atoms with E-state index in [1.165, 1.54) is 4.88 Å². The maximum atomic E-state index is 9.88. The number of thiazole rings is 1. The fraction of sp³-hybridized carbons (Fsp3) is 0.227. The lowest BCUT2D eigenvalue weighted by molar-refractivity contribution is 0.0346. The second-order valence-electron chi connectivity index (χ2n) is 7.70. The third kappa shape index (κ3) is 3.48. The summed E-state index contributed by atoms with van der Waals surface area (Å²) < 4.78 is 7.43. The van der Waals surface area contributed by atoms with Crippen LogP contribution in [0.25, 0.3) is 27.7 Å². The fourth-order valence-corrected chi connectivity index (χ4v) is 4.87. The van der Waals surface area contributed by atoms with Crippen molar-refractivity contribution in [3.63, 3.8) is 0 Å². The number of nitrogens with one attached hydrogen (secondary N) is 2. The molecule has 10 heteroatoms. The highest BCUT2D eigenvalue weighted by Crippen LogP contribution is 2.31. The SMILES string of the molecule is Oc1[nH]cc2cc(-c3cnc(Nc4ncc(CN5CCOCC5)s4)c4nccn34)ccc12. The largest absolute Gasteiger partial charge is 0.494 e. The second-order valence-corrected chi connectivity index (χ2v) is 8.81. The van der Waals surface area contributed by atoms with E-state index in [0.29, 0.717) is 5.82 Å². The monoisotopic (exact) mass is 447 g/mol. The van der Waals surface area contributed by atoms with E-state index in [1.54, 1.807) is 23.7 Å². The van der Waals surface area contributed by atoms with Crippen LogP contribution in [0.4, 0.5) is 10.9 Å². The molecule has 6 rings (SSSR count). The van der Waals surface area contributed by atoms with Crippen LogP contribution in [0.2, 0.25) is 0 Å². The van der Waals surface area contributed by atoms with Crippen molar-refractivity contribution in [3.8, 4) is 17.1 Å². The zero-order valence-electron chi connectivity index (χ0n) is 17.2. The van der Waals surface area contributed by atoms with Crippen molar-refractivity contribution in [2.24, 2.45) is 0 Å². The molecular formula is C22H21N7O2S. The van der Waals surface area contributed by atoms with Crippen LogP contribution in [0.15, 0.2) is 49.2 Å². The molecule has 0 bridgehead atoms. The normalized spacial score (nSPS) is 15.0. The van der Waals surface area contributed by atoms with Crippen LogP contribution >= 0.6 is 11.3 Å². The van der Waals surface area contributed by atoms with Crippen molar-refractivity contribution in [2.45, 2.75) is 6.54 Å². The van der Waals surface area contributed by atoms with Gasteiger partial charge in [-0.1, -0.05) is 6.07 Å². The maximum absolute atomic E-state index is 9.88. The zero-order chi connectivity index (χ0) is 21.5. The molecule has 1 saturated heterocycles. The summed E-state index contributed by atoms with van der Waals surface area (Å²) in [5.41, 5.74) is 2.63. The Kier molecular flexibility index (Phi) is 4.75. The number of benzene rings is 1. The summed E-state index contributed by atoms with van der Waals surface area (Å²) in [4.78, 5) is 20.1. The molecule has 0 spiro atoms. The molecule has 32 heavy (non-hydrogen) atoms. The number of fused-ring (bicyclic) bond motifs is 2. The molecule has 0 saturated carbocycles. The fourth-order valence-electron chi connectivity index (χ4n) is 4.02. The van der Waals surface area contributed by atoms with Crippen LogP contribution in [-0.2, 0) is 11.3 Å². The Labute approximate surface area is 187 Å². The van der Waals surface area contributed by atoms with Crippen molar-refractivity contribution in [2.75, 3.05) is 31.6 Å². The van der Waals surface area contributed by atoms with Gasteiger partial charge < -0.3 is 20.1 Å². The van der Waals surface area contributed by atoms with E-state index in [0.717, 1.165) is 65.7 Å². The van der Waals surface area contributed by atoms with Gasteiger partial charge in [0.1, 0.15) is 0 Å². The molecule has 3 N–H and O–H groups in total. The number of rotatable bonds is 5. The quantitative estimate of drug-likeness (QED) is 0.378. The number of imidazole rings is 1. The zero-order valence-corrected chi connectivity index (χ0v) is 18.0. The van der Waals surface area contributed by atoms with E-state index in [-0.39, 0.29) is 5.88 Å². The lowest BCUT2D eigenvalue weighted by Crippen LogP contribution is -2.35. The Morgan fingerprint density at radius 3 is 2.97 bits per heavy atom. The van der Waals surface area contributed by atoms with Crippen LogP contribution < -0.4 is 5.32 Å². The van der Waals surface area contributed by atoms with Crippen LogP contribution in [0.5, 0.6) is 5.88 Å². The van der Waals surface area contributed by atoms with E-state index in [1.807, 2.05) is 41.2 Å². The molecule has 1 fully saturated rings. The first kappa shape index (κ1) is 19.2. The van der Waals surface area contributed by atoms with Gasteiger partial charge in [-0.3, -0.25) is 9.30 Å². The summed E-state index contributed by atoms with van der Waals surface area (Å²) in [6.07, 6.45) is 9.22. The Hall–Kier alpha value is -3.47. The van der Waals surface area contributed by atoms with Gasteiger partial charge in [0, 0.05) is 65.6 Å². The second kappa shape index (κ2) is 7.90. The molecule has 4 aromatic heterocycles.